The van der Waals surface area contributed by atoms with Gasteiger partial charge in [-0.3, -0.25) is 4.18 Å². The lowest BCUT2D eigenvalue weighted by Crippen LogP contribution is -2.58. The number of hydrogen-bond donors (Lipinski definition) is 0. The Bertz CT molecular complexity index is 600. The second-order valence-corrected chi connectivity index (χ2v) is 9.24. The van der Waals surface area contributed by atoms with E-state index in [1.54, 1.807) is 12.1 Å². The Kier molecular flexibility index (Phi) is 8.55. The minimum absolute atomic E-state index is 0.0903. The average molecular weight is 377 g/mol. The molecule has 0 N–H and O–H groups in total. The van der Waals surface area contributed by atoms with Crippen LogP contribution in [0.1, 0.15) is 39.7 Å². The summed E-state index contributed by atoms with van der Waals surface area (Å²) in [6.07, 6.45) is 0.619. The third-order valence-corrected chi connectivity index (χ3v) is 7.79. The maximum atomic E-state index is 12.3. The van der Waals surface area contributed by atoms with Crippen LogP contribution in [0, 0.1) is 6.92 Å². The highest BCUT2D eigenvalue weighted by Gasteiger charge is 2.45. The van der Waals surface area contributed by atoms with Crippen molar-refractivity contribution in [2.45, 2.75) is 45.9 Å². The molecule has 0 aromatic heterocycles. The average Bonchev–Trinajstić information content (AvgIpc) is 2.54. The molecule has 1 aromatic rings. The molecular weight excluding hydrogens is 348 g/mol. The molecule has 0 unspecified atom stereocenters. The van der Waals surface area contributed by atoms with Gasteiger partial charge in [0.25, 0.3) is 10.1 Å². The van der Waals surface area contributed by atoms with Gasteiger partial charge in [0.2, 0.25) is 0 Å². The van der Waals surface area contributed by atoms with E-state index >= 15 is 0 Å². The summed E-state index contributed by atoms with van der Waals surface area (Å²) in [7, 11) is -6.99. The van der Waals surface area contributed by atoms with Gasteiger partial charge in [0.1, 0.15) is 0 Å². The highest BCUT2D eigenvalue weighted by molar-refractivity contribution is 7.86. The smallest absolute Gasteiger partial charge is 0.370 e. The third-order valence-electron chi connectivity index (χ3n) is 3.27. The Morgan fingerprint density at radius 3 is 1.96 bits per heavy atom. The molecule has 0 amide bonds. The standard InChI is InChI=1S/C16H28O6SSi/c1-6-12-19-23(17,18)15-11-10-14(5)16(13-15)24(20-7-2,21-8-3)22-9-4/h10-11,13H,6-9,12H2,1-5H3. The van der Waals surface area contributed by atoms with Crippen LogP contribution in [-0.4, -0.2) is 43.6 Å². The summed E-state index contributed by atoms with van der Waals surface area (Å²) >= 11 is 0. The maximum absolute atomic E-state index is 12.3. The van der Waals surface area contributed by atoms with Crippen molar-refractivity contribution in [3.63, 3.8) is 0 Å². The predicted molar refractivity (Wildman–Crippen MR) is 94.9 cm³/mol. The second kappa shape index (κ2) is 9.64. The van der Waals surface area contributed by atoms with E-state index in [2.05, 4.69) is 0 Å². The van der Waals surface area contributed by atoms with Crippen molar-refractivity contribution in [3.05, 3.63) is 23.8 Å². The Morgan fingerprint density at radius 2 is 1.50 bits per heavy atom. The van der Waals surface area contributed by atoms with E-state index in [9.17, 15) is 8.42 Å². The Morgan fingerprint density at radius 1 is 0.958 bits per heavy atom. The molecule has 6 nitrogen and oxygen atoms in total. The van der Waals surface area contributed by atoms with Gasteiger partial charge in [-0.1, -0.05) is 13.0 Å². The van der Waals surface area contributed by atoms with Crippen LogP contribution in [-0.2, 0) is 27.6 Å². The molecule has 138 valence electrons. The molecule has 1 aromatic carbocycles. The second-order valence-electron chi connectivity index (χ2n) is 5.11. The van der Waals surface area contributed by atoms with Crippen molar-refractivity contribution < 1.29 is 25.9 Å². The zero-order chi connectivity index (χ0) is 18.2. The zero-order valence-corrected chi connectivity index (χ0v) is 16.9. The van der Waals surface area contributed by atoms with Gasteiger partial charge in [0, 0.05) is 25.0 Å². The van der Waals surface area contributed by atoms with Gasteiger partial charge in [0.15, 0.2) is 0 Å². The molecule has 0 aliphatic carbocycles. The molecular formula is C16H28O6SSi. The van der Waals surface area contributed by atoms with Gasteiger partial charge in [-0.2, -0.15) is 8.42 Å². The summed E-state index contributed by atoms with van der Waals surface area (Å²) in [6, 6.07) is 4.83. The first-order chi connectivity index (χ1) is 11.4. The SMILES string of the molecule is CCCOS(=O)(=O)c1ccc(C)c([Si](OCC)(OCC)OCC)c1. The number of rotatable bonds is 11. The van der Waals surface area contributed by atoms with Crippen LogP contribution >= 0.6 is 0 Å². The molecule has 0 aliphatic rings. The lowest BCUT2D eigenvalue weighted by atomic mass is 10.2. The summed E-state index contributed by atoms with van der Waals surface area (Å²) in [5.74, 6) is 0. The number of hydrogen-bond acceptors (Lipinski definition) is 6. The summed E-state index contributed by atoms with van der Waals surface area (Å²) in [4.78, 5) is 0.0903. The normalized spacial score (nSPS) is 12.5. The van der Waals surface area contributed by atoms with Crippen LogP contribution in [0.4, 0.5) is 0 Å². The van der Waals surface area contributed by atoms with Crippen molar-refractivity contribution >= 4 is 24.1 Å². The fraction of sp³-hybridized carbons (Fsp3) is 0.625. The van der Waals surface area contributed by atoms with E-state index in [0.29, 0.717) is 31.4 Å². The first-order valence-corrected chi connectivity index (χ1v) is 11.4. The molecule has 8 heteroatoms. The predicted octanol–water partition coefficient (Wildman–Crippen LogP) is 2.37. The fourth-order valence-corrected chi connectivity index (χ4v) is 6.15. The summed E-state index contributed by atoms with van der Waals surface area (Å²) in [5.41, 5.74) is 0.867. The molecule has 0 bridgehead atoms. The molecule has 0 aliphatic heterocycles. The Hall–Kier alpha value is -0.773. The van der Waals surface area contributed by atoms with Crippen LogP contribution in [0.15, 0.2) is 23.1 Å². The van der Waals surface area contributed by atoms with Crippen molar-refractivity contribution in [1.82, 2.24) is 0 Å². The molecule has 24 heavy (non-hydrogen) atoms. The molecule has 0 fully saturated rings. The van der Waals surface area contributed by atoms with Crippen molar-refractivity contribution in [1.29, 1.82) is 0 Å². The van der Waals surface area contributed by atoms with Gasteiger partial charge < -0.3 is 13.3 Å². The van der Waals surface area contributed by atoms with Crippen LogP contribution < -0.4 is 5.19 Å². The van der Waals surface area contributed by atoms with E-state index in [1.807, 2.05) is 34.6 Å². The van der Waals surface area contributed by atoms with Gasteiger partial charge in [-0.25, -0.2) is 0 Å². The lowest BCUT2D eigenvalue weighted by Gasteiger charge is -2.30. The summed E-state index contributed by atoms with van der Waals surface area (Å²) in [5, 5.41) is 0.661. The van der Waals surface area contributed by atoms with E-state index in [-0.39, 0.29) is 11.5 Å². The van der Waals surface area contributed by atoms with Crippen molar-refractivity contribution in [3.8, 4) is 0 Å². The first kappa shape index (κ1) is 21.3. The van der Waals surface area contributed by atoms with Crippen LogP contribution in [0.25, 0.3) is 0 Å². The topological polar surface area (TPSA) is 71.1 Å². The molecule has 0 atom stereocenters. The highest BCUT2D eigenvalue weighted by atomic mass is 32.2. The molecule has 0 saturated heterocycles. The molecule has 1 rings (SSSR count). The lowest BCUT2D eigenvalue weighted by molar-refractivity contribution is 0.0857. The van der Waals surface area contributed by atoms with Gasteiger partial charge in [0.05, 0.1) is 11.5 Å². The molecule has 0 heterocycles. The maximum Gasteiger partial charge on any atom is 0.537 e. The number of benzene rings is 1. The minimum Gasteiger partial charge on any atom is -0.370 e. The van der Waals surface area contributed by atoms with E-state index in [4.69, 9.17) is 17.5 Å². The molecule has 0 saturated carbocycles. The van der Waals surface area contributed by atoms with Crippen molar-refractivity contribution in [2.75, 3.05) is 26.4 Å². The van der Waals surface area contributed by atoms with Gasteiger partial charge in [-0.15, -0.1) is 0 Å². The summed E-state index contributed by atoms with van der Waals surface area (Å²) in [6.45, 7) is 10.7. The van der Waals surface area contributed by atoms with E-state index < -0.39 is 18.9 Å². The molecule has 0 radical (unpaired) electrons. The highest BCUT2D eigenvalue weighted by Crippen LogP contribution is 2.18. The Balaban J connectivity index is 3.41. The van der Waals surface area contributed by atoms with Crippen LogP contribution in [0.2, 0.25) is 0 Å². The quantitative estimate of drug-likeness (QED) is 0.436. The zero-order valence-electron chi connectivity index (χ0n) is 15.1. The van der Waals surface area contributed by atoms with Crippen LogP contribution in [0.3, 0.4) is 0 Å². The van der Waals surface area contributed by atoms with E-state index in [0.717, 1.165) is 5.56 Å². The van der Waals surface area contributed by atoms with Gasteiger partial charge in [-0.05, 0) is 51.8 Å². The number of aryl methyl sites for hydroxylation is 1. The monoisotopic (exact) mass is 376 g/mol. The summed E-state index contributed by atoms with van der Waals surface area (Å²) < 4.78 is 47.3. The third kappa shape index (κ3) is 5.11. The Labute approximate surface area is 146 Å². The van der Waals surface area contributed by atoms with Crippen LogP contribution in [0.5, 0.6) is 0 Å². The van der Waals surface area contributed by atoms with Crippen molar-refractivity contribution in [2.24, 2.45) is 0 Å². The first-order valence-electron chi connectivity index (χ1n) is 8.29. The minimum atomic E-state index is -3.81. The largest absolute Gasteiger partial charge is 0.537 e. The fourth-order valence-electron chi connectivity index (χ4n) is 2.28. The van der Waals surface area contributed by atoms with E-state index in [1.165, 1.54) is 6.07 Å². The van der Waals surface area contributed by atoms with Gasteiger partial charge >= 0.3 is 8.80 Å². The molecule has 0 spiro atoms.